The standard InChI is InChI=1S/C20H32N4O3/c1-16(18-7-5-4-6-8-18)22-20(26)17(2)24-12-10-23(11-13-24)15-19(25)21-9-14-27-3/h4-8,16-17H,9-15H2,1-3H3,(H,21,25)(H,22,26). The lowest BCUT2D eigenvalue weighted by Gasteiger charge is -2.37. The first-order chi connectivity index (χ1) is 13.0. The van der Waals surface area contributed by atoms with Crippen LogP contribution < -0.4 is 10.6 Å². The van der Waals surface area contributed by atoms with Gasteiger partial charge < -0.3 is 15.4 Å². The number of piperazine rings is 1. The Morgan fingerprint density at radius 2 is 1.78 bits per heavy atom. The summed E-state index contributed by atoms with van der Waals surface area (Å²) in [6.45, 7) is 8.51. The quantitative estimate of drug-likeness (QED) is 0.619. The largest absolute Gasteiger partial charge is 0.383 e. The summed E-state index contributed by atoms with van der Waals surface area (Å²) < 4.78 is 4.93. The van der Waals surface area contributed by atoms with Crippen molar-refractivity contribution in [2.75, 3.05) is 53.0 Å². The molecular formula is C20H32N4O3. The van der Waals surface area contributed by atoms with Gasteiger partial charge in [0.15, 0.2) is 0 Å². The predicted molar refractivity (Wildman–Crippen MR) is 105 cm³/mol. The second-order valence-corrected chi connectivity index (χ2v) is 6.97. The van der Waals surface area contributed by atoms with E-state index in [0.29, 0.717) is 19.7 Å². The van der Waals surface area contributed by atoms with Crippen molar-refractivity contribution >= 4 is 11.8 Å². The molecule has 1 aromatic carbocycles. The van der Waals surface area contributed by atoms with E-state index in [9.17, 15) is 9.59 Å². The molecular weight excluding hydrogens is 344 g/mol. The molecule has 0 aliphatic carbocycles. The van der Waals surface area contributed by atoms with E-state index < -0.39 is 0 Å². The van der Waals surface area contributed by atoms with Crippen LogP contribution in [0.1, 0.15) is 25.5 Å². The molecule has 7 nitrogen and oxygen atoms in total. The van der Waals surface area contributed by atoms with Gasteiger partial charge in [0.25, 0.3) is 0 Å². The minimum atomic E-state index is -0.186. The Morgan fingerprint density at radius 1 is 1.11 bits per heavy atom. The van der Waals surface area contributed by atoms with E-state index in [1.54, 1.807) is 7.11 Å². The van der Waals surface area contributed by atoms with Crippen LogP contribution in [0.3, 0.4) is 0 Å². The number of hydrogen-bond acceptors (Lipinski definition) is 5. The lowest BCUT2D eigenvalue weighted by Crippen LogP contribution is -2.55. The summed E-state index contributed by atoms with van der Waals surface area (Å²) in [5, 5.41) is 5.93. The normalized spacial score (nSPS) is 17.9. The minimum Gasteiger partial charge on any atom is -0.383 e. The van der Waals surface area contributed by atoms with Crippen molar-refractivity contribution in [2.24, 2.45) is 0 Å². The highest BCUT2D eigenvalue weighted by atomic mass is 16.5. The van der Waals surface area contributed by atoms with Gasteiger partial charge in [-0.25, -0.2) is 0 Å². The first-order valence-electron chi connectivity index (χ1n) is 9.58. The lowest BCUT2D eigenvalue weighted by atomic mass is 10.1. The summed E-state index contributed by atoms with van der Waals surface area (Å²) in [7, 11) is 1.61. The molecule has 0 spiro atoms. The van der Waals surface area contributed by atoms with Crippen LogP contribution in [0.4, 0.5) is 0 Å². The van der Waals surface area contributed by atoms with Crippen molar-refractivity contribution in [2.45, 2.75) is 25.9 Å². The van der Waals surface area contributed by atoms with Crippen LogP contribution in [0.25, 0.3) is 0 Å². The molecule has 2 N–H and O–H groups in total. The molecule has 1 heterocycles. The fraction of sp³-hybridized carbons (Fsp3) is 0.600. The van der Waals surface area contributed by atoms with E-state index in [-0.39, 0.29) is 23.9 Å². The average molecular weight is 377 g/mol. The highest BCUT2D eigenvalue weighted by Gasteiger charge is 2.27. The first-order valence-corrected chi connectivity index (χ1v) is 9.58. The number of benzene rings is 1. The van der Waals surface area contributed by atoms with Gasteiger partial charge in [0.2, 0.25) is 11.8 Å². The Hall–Kier alpha value is -1.96. The first kappa shape index (κ1) is 21.3. The fourth-order valence-electron chi connectivity index (χ4n) is 3.19. The molecule has 2 unspecified atom stereocenters. The molecule has 27 heavy (non-hydrogen) atoms. The van der Waals surface area contributed by atoms with Gasteiger partial charge in [0.05, 0.1) is 25.2 Å². The smallest absolute Gasteiger partial charge is 0.237 e. The Balaban J connectivity index is 1.73. The molecule has 2 rings (SSSR count). The zero-order valence-corrected chi connectivity index (χ0v) is 16.6. The SMILES string of the molecule is COCCNC(=O)CN1CCN(C(C)C(=O)NC(C)c2ccccc2)CC1. The Labute approximate surface area is 162 Å². The molecule has 2 amide bonds. The van der Waals surface area contributed by atoms with E-state index in [0.717, 1.165) is 31.7 Å². The third-order valence-corrected chi connectivity index (χ3v) is 4.99. The summed E-state index contributed by atoms with van der Waals surface area (Å²) in [4.78, 5) is 28.8. The number of methoxy groups -OCH3 is 1. The molecule has 0 radical (unpaired) electrons. The zero-order valence-electron chi connectivity index (χ0n) is 16.6. The average Bonchev–Trinajstić information content (AvgIpc) is 2.68. The van der Waals surface area contributed by atoms with Crippen LogP contribution in [-0.4, -0.2) is 80.6 Å². The highest BCUT2D eigenvalue weighted by Crippen LogP contribution is 2.13. The molecule has 150 valence electrons. The second kappa shape index (κ2) is 11.0. The van der Waals surface area contributed by atoms with Gasteiger partial charge in [-0.05, 0) is 19.4 Å². The maximum atomic E-state index is 12.6. The van der Waals surface area contributed by atoms with Gasteiger partial charge >= 0.3 is 0 Å². The maximum absolute atomic E-state index is 12.6. The van der Waals surface area contributed by atoms with Crippen molar-refractivity contribution in [3.63, 3.8) is 0 Å². The van der Waals surface area contributed by atoms with Crippen molar-refractivity contribution in [1.29, 1.82) is 0 Å². The minimum absolute atomic E-state index is 0.0155. The van der Waals surface area contributed by atoms with Gasteiger partial charge in [0, 0.05) is 39.8 Å². The van der Waals surface area contributed by atoms with Crippen LogP contribution in [0.15, 0.2) is 30.3 Å². The van der Waals surface area contributed by atoms with Gasteiger partial charge in [-0.1, -0.05) is 30.3 Å². The van der Waals surface area contributed by atoms with Gasteiger partial charge in [0.1, 0.15) is 0 Å². The predicted octanol–water partition coefficient (Wildman–Crippen LogP) is 0.633. The summed E-state index contributed by atoms with van der Waals surface area (Å²) in [5.74, 6) is 0.0556. The maximum Gasteiger partial charge on any atom is 0.237 e. The zero-order chi connectivity index (χ0) is 19.6. The molecule has 1 aliphatic heterocycles. The summed E-state index contributed by atoms with van der Waals surface area (Å²) in [6, 6.07) is 9.76. The molecule has 2 atom stereocenters. The van der Waals surface area contributed by atoms with E-state index in [2.05, 4.69) is 20.4 Å². The molecule has 1 fully saturated rings. The number of rotatable bonds is 9. The van der Waals surface area contributed by atoms with E-state index >= 15 is 0 Å². The Bertz CT molecular complexity index is 588. The van der Waals surface area contributed by atoms with Crippen LogP contribution in [0.2, 0.25) is 0 Å². The van der Waals surface area contributed by atoms with Crippen LogP contribution in [0, 0.1) is 0 Å². The number of nitrogens with zero attached hydrogens (tertiary/aromatic N) is 2. The summed E-state index contributed by atoms with van der Waals surface area (Å²) >= 11 is 0. The van der Waals surface area contributed by atoms with Gasteiger partial charge in [-0.15, -0.1) is 0 Å². The molecule has 7 heteroatoms. The topological polar surface area (TPSA) is 73.9 Å². The van der Waals surface area contributed by atoms with Crippen molar-refractivity contribution < 1.29 is 14.3 Å². The van der Waals surface area contributed by atoms with E-state index in [1.807, 2.05) is 44.2 Å². The third-order valence-electron chi connectivity index (χ3n) is 4.99. The van der Waals surface area contributed by atoms with Crippen molar-refractivity contribution in [1.82, 2.24) is 20.4 Å². The third kappa shape index (κ3) is 6.93. The number of hydrogen-bond donors (Lipinski definition) is 2. The lowest BCUT2D eigenvalue weighted by molar-refractivity contribution is -0.128. The van der Waals surface area contributed by atoms with E-state index in [4.69, 9.17) is 4.74 Å². The van der Waals surface area contributed by atoms with Crippen LogP contribution in [0.5, 0.6) is 0 Å². The number of carbonyl (C=O) groups is 2. The Kier molecular flexibility index (Phi) is 8.71. The molecule has 1 aromatic rings. The summed E-state index contributed by atoms with van der Waals surface area (Å²) in [6.07, 6.45) is 0. The van der Waals surface area contributed by atoms with Crippen molar-refractivity contribution in [3.8, 4) is 0 Å². The molecule has 0 saturated carbocycles. The molecule has 1 aliphatic rings. The van der Waals surface area contributed by atoms with Crippen molar-refractivity contribution in [3.05, 3.63) is 35.9 Å². The number of ether oxygens (including phenoxy) is 1. The molecule has 0 aromatic heterocycles. The Morgan fingerprint density at radius 3 is 2.41 bits per heavy atom. The molecule has 0 bridgehead atoms. The monoisotopic (exact) mass is 376 g/mol. The highest BCUT2D eigenvalue weighted by molar-refractivity contribution is 5.81. The second-order valence-electron chi connectivity index (χ2n) is 6.97. The fourth-order valence-corrected chi connectivity index (χ4v) is 3.19. The van der Waals surface area contributed by atoms with E-state index in [1.165, 1.54) is 0 Å². The molecule has 1 saturated heterocycles. The van der Waals surface area contributed by atoms with Crippen LogP contribution in [-0.2, 0) is 14.3 Å². The number of nitrogens with one attached hydrogen (secondary N) is 2. The number of carbonyl (C=O) groups excluding carboxylic acids is 2. The van der Waals surface area contributed by atoms with Gasteiger partial charge in [-0.2, -0.15) is 0 Å². The van der Waals surface area contributed by atoms with Gasteiger partial charge in [-0.3, -0.25) is 19.4 Å². The number of amides is 2. The summed E-state index contributed by atoms with van der Waals surface area (Å²) in [5.41, 5.74) is 1.10. The van der Waals surface area contributed by atoms with Crippen LogP contribution >= 0.6 is 0 Å².